The quantitative estimate of drug-likeness (QED) is 0.264. The number of carbonyl (C=O) groups is 4. The van der Waals surface area contributed by atoms with E-state index in [2.05, 4.69) is 6.08 Å². The Morgan fingerprint density at radius 1 is 1.12 bits per heavy atom. The van der Waals surface area contributed by atoms with E-state index in [1.54, 1.807) is 29.2 Å². The molecule has 0 radical (unpaired) electrons. The summed E-state index contributed by atoms with van der Waals surface area (Å²) in [6.07, 6.45) is 7.68. The zero-order valence-electron chi connectivity index (χ0n) is 20.1. The van der Waals surface area contributed by atoms with Crippen molar-refractivity contribution in [2.75, 3.05) is 11.4 Å². The molecule has 1 aromatic rings. The zero-order valence-corrected chi connectivity index (χ0v) is 20.1. The van der Waals surface area contributed by atoms with Crippen LogP contribution in [0.4, 0.5) is 5.69 Å². The van der Waals surface area contributed by atoms with Crippen LogP contribution in [0.3, 0.4) is 0 Å². The van der Waals surface area contributed by atoms with Crippen molar-refractivity contribution in [1.29, 1.82) is 0 Å². The first-order valence-electron chi connectivity index (χ1n) is 11.7. The second-order valence-electron chi connectivity index (χ2n) is 10.1. The summed E-state index contributed by atoms with van der Waals surface area (Å²) >= 11 is 0. The molecule has 0 bridgehead atoms. The van der Waals surface area contributed by atoms with Crippen molar-refractivity contribution in [3.05, 3.63) is 35.9 Å². The number of hydrogen-bond donors (Lipinski definition) is 0. The van der Waals surface area contributed by atoms with Crippen LogP contribution in [0.25, 0.3) is 0 Å². The van der Waals surface area contributed by atoms with Gasteiger partial charge in [-0.25, -0.2) is 4.90 Å². The van der Waals surface area contributed by atoms with Gasteiger partial charge in [-0.2, -0.15) is 0 Å². The lowest BCUT2D eigenvalue weighted by molar-refractivity contribution is -0.139. The van der Waals surface area contributed by atoms with Crippen LogP contribution in [0.5, 0.6) is 5.75 Å². The third-order valence-corrected chi connectivity index (χ3v) is 5.92. The van der Waals surface area contributed by atoms with Crippen LogP contribution in [0.1, 0.15) is 72.6 Å². The maximum atomic E-state index is 13.4. The van der Waals surface area contributed by atoms with E-state index in [-0.39, 0.29) is 29.6 Å². The Hall–Kier alpha value is -2.96. The predicted octanol–water partition coefficient (Wildman–Crippen LogP) is 4.40. The number of allylic oxidation sites excluding steroid dienone is 1. The molecule has 0 aromatic heterocycles. The first kappa shape index (κ1) is 24.7. The summed E-state index contributed by atoms with van der Waals surface area (Å²) in [6.45, 7) is 7.71. The number of ether oxygens (including phenoxy) is 1. The molecule has 0 spiro atoms. The molecule has 1 unspecified atom stereocenters. The minimum absolute atomic E-state index is 0.0283. The van der Waals surface area contributed by atoms with Crippen LogP contribution in [0.15, 0.2) is 35.9 Å². The van der Waals surface area contributed by atoms with Crippen LogP contribution in [-0.2, 0) is 19.2 Å². The van der Waals surface area contributed by atoms with Crippen molar-refractivity contribution in [1.82, 2.24) is 4.90 Å². The standard InChI is InChI=1S/C26H34N2O5/c1-18(29)33-21-12-10-20(11-13-21)28-23(30)16-22(25(28)32)27(24(31)17-26(2,3)4)15-14-19-8-6-5-7-9-19/h8,10-13,22H,5-7,9,14-17H2,1-4H3. The number of benzene rings is 1. The molecule has 7 heteroatoms. The Bertz CT molecular complexity index is 942. The minimum atomic E-state index is -0.801. The molecule has 1 fully saturated rings. The van der Waals surface area contributed by atoms with Gasteiger partial charge in [-0.15, -0.1) is 0 Å². The van der Waals surface area contributed by atoms with Crippen molar-refractivity contribution >= 4 is 29.4 Å². The first-order valence-corrected chi connectivity index (χ1v) is 11.7. The molecule has 3 rings (SSSR count). The van der Waals surface area contributed by atoms with Gasteiger partial charge in [-0.05, 0) is 61.8 Å². The highest BCUT2D eigenvalue weighted by Crippen LogP contribution is 2.30. The average molecular weight is 455 g/mol. The SMILES string of the molecule is CC(=O)Oc1ccc(N2C(=O)CC(N(CCC3=CCCCC3)C(=O)CC(C)(C)C)C2=O)cc1. The van der Waals surface area contributed by atoms with E-state index in [4.69, 9.17) is 4.74 Å². The number of hydrogen-bond acceptors (Lipinski definition) is 5. The molecule has 33 heavy (non-hydrogen) atoms. The molecule has 7 nitrogen and oxygen atoms in total. The summed E-state index contributed by atoms with van der Waals surface area (Å²) in [5.41, 5.74) is 1.50. The van der Waals surface area contributed by atoms with Gasteiger partial charge in [0.1, 0.15) is 11.8 Å². The Balaban J connectivity index is 1.80. The molecule has 0 N–H and O–H groups in total. The van der Waals surface area contributed by atoms with Gasteiger partial charge in [0.2, 0.25) is 11.8 Å². The summed E-state index contributed by atoms with van der Waals surface area (Å²) in [7, 11) is 0. The summed E-state index contributed by atoms with van der Waals surface area (Å²) in [4.78, 5) is 53.3. The molecule has 1 atom stereocenters. The molecule has 3 amide bonds. The number of carbonyl (C=O) groups excluding carboxylic acids is 4. The van der Waals surface area contributed by atoms with E-state index in [0.717, 1.165) is 30.6 Å². The van der Waals surface area contributed by atoms with E-state index in [0.29, 0.717) is 24.4 Å². The summed E-state index contributed by atoms with van der Waals surface area (Å²) in [6, 6.07) is 5.44. The largest absolute Gasteiger partial charge is 0.427 e. The Morgan fingerprint density at radius 3 is 2.39 bits per heavy atom. The number of anilines is 1. The van der Waals surface area contributed by atoms with Crippen LogP contribution in [0.2, 0.25) is 0 Å². The highest BCUT2D eigenvalue weighted by atomic mass is 16.5. The summed E-state index contributed by atoms with van der Waals surface area (Å²) in [5, 5.41) is 0. The second-order valence-corrected chi connectivity index (χ2v) is 10.1. The third kappa shape index (κ3) is 6.53. The van der Waals surface area contributed by atoms with E-state index in [1.807, 2.05) is 20.8 Å². The molecule has 1 saturated heterocycles. The maximum Gasteiger partial charge on any atom is 0.308 e. The van der Waals surface area contributed by atoms with Crippen molar-refractivity contribution in [3.8, 4) is 5.75 Å². The van der Waals surface area contributed by atoms with Crippen LogP contribution in [-0.4, -0.2) is 41.2 Å². The fourth-order valence-corrected chi connectivity index (χ4v) is 4.37. The highest BCUT2D eigenvalue weighted by molar-refractivity contribution is 6.23. The van der Waals surface area contributed by atoms with Crippen molar-refractivity contribution < 1.29 is 23.9 Å². The van der Waals surface area contributed by atoms with Gasteiger partial charge >= 0.3 is 5.97 Å². The molecular weight excluding hydrogens is 420 g/mol. The van der Waals surface area contributed by atoms with E-state index < -0.39 is 12.0 Å². The molecule has 1 aliphatic carbocycles. The monoisotopic (exact) mass is 454 g/mol. The van der Waals surface area contributed by atoms with Gasteiger partial charge in [0, 0.05) is 19.9 Å². The fourth-order valence-electron chi connectivity index (χ4n) is 4.37. The van der Waals surface area contributed by atoms with Gasteiger partial charge < -0.3 is 9.64 Å². The van der Waals surface area contributed by atoms with E-state index in [9.17, 15) is 19.2 Å². The van der Waals surface area contributed by atoms with Crippen LogP contribution in [0, 0.1) is 5.41 Å². The number of amides is 3. The fraction of sp³-hybridized carbons (Fsp3) is 0.538. The molecule has 1 aromatic carbocycles. The Kier molecular flexibility index (Phi) is 7.72. The number of nitrogens with zero attached hydrogens (tertiary/aromatic N) is 2. The van der Waals surface area contributed by atoms with Gasteiger partial charge in [0.05, 0.1) is 12.1 Å². The maximum absolute atomic E-state index is 13.4. The van der Waals surface area contributed by atoms with Gasteiger partial charge in [0.15, 0.2) is 0 Å². The highest BCUT2D eigenvalue weighted by Gasteiger charge is 2.44. The van der Waals surface area contributed by atoms with Crippen molar-refractivity contribution in [3.63, 3.8) is 0 Å². The molecule has 1 heterocycles. The topological polar surface area (TPSA) is 84.0 Å². The molecular formula is C26H34N2O5. The number of esters is 1. The second kappa shape index (κ2) is 10.3. The summed E-state index contributed by atoms with van der Waals surface area (Å²) in [5.74, 6) is -0.935. The minimum Gasteiger partial charge on any atom is -0.427 e. The number of imide groups is 1. The summed E-state index contributed by atoms with van der Waals surface area (Å²) < 4.78 is 5.03. The molecule has 0 saturated carbocycles. The first-order chi connectivity index (χ1) is 15.5. The van der Waals surface area contributed by atoms with Crippen LogP contribution >= 0.6 is 0 Å². The van der Waals surface area contributed by atoms with Crippen LogP contribution < -0.4 is 9.64 Å². The molecule has 2 aliphatic rings. The Morgan fingerprint density at radius 2 is 1.82 bits per heavy atom. The zero-order chi connectivity index (χ0) is 24.2. The lowest BCUT2D eigenvalue weighted by atomic mass is 9.91. The lowest BCUT2D eigenvalue weighted by Crippen LogP contribution is -2.47. The number of rotatable bonds is 7. The van der Waals surface area contributed by atoms with E-state index >= 15 is 0 Å². The third-order valence-electron chi connectivity index (χ3n) is 5.92. The van der Waals surface area contributed by atoms with Gasteiger partial charge in [-0.3, -0.25) is 19.2 Å². The van der Waals surface area contributed by atoms with E-state index in [1.165, 1.54) is 18.9 Å². The van der Waals surface area contributed by atoms with Gasteiger partial charge in [-0.1, -0.05) is 32.4 Å². The smallest absolute Gasteiger partial charge is 0.308 e. The van der Waals surface area contributed by atoms with Crippen molar-refractivity contribution in [2.45, 2.75) is 78.7 Å². The van der Waals surface area contributed by atoms with Crippen molar-refractivity contribution in [2.24, 2.45) is 5.41 Å². The lowest BCUT2D eigenvalue weighted by Gasteiger charge is -2.31. The predicted molar refractivity (Wildman–Crippen MR) is 126 cm³/mol. The molecule has 178 valence electrons. The average Bonchev–Trinajstić information content (AvgIpc) is 3.02. The molecule has 1 aliphatic heterocycles. The normalized spacial score (nSPS) is 18.8. The Labute approximate surface area is 195 Å². The van der Waals surface area contributed by atoms with Gasteiger partial charge in [0.25, 0.3) is 5.91 Å².